The second kappa shape index (κ2) is 6.01. The highest BCUT2D eigenvalue weighted by atomic mass is 16.3. The quantitative estimate of drug-likeness (QED) is 0.640. The predicted octanol–water partition coefficient (Wildman–Crippen LogP) is 2.77. The zero-order valence-electron chi connectivity index (χ0n) is 8.49. The molecule has 0 fully saturated rings. The first-order valence-corrected chi connectivity index (χ1v) is 4.57. The van der Waals surface area contributed by atoms with Gasteiger partial charge in [0, 0.05) is 5.92 Å². The second-order valence-electron chi connectivity index (χ2n) is 3.50. The Hall–Kier alpha value is -0.560. The topological polar surface area (TPSA) is 20.2 Å². The van der Waals surface area contributed by atoms with E-state index in [9.17, 15) is 5.11 Å². The van der Waals surface area contributed by atoms with E-state index in [1.54, 1.807) is 0 Å². The normalized spacial score (nSPS) is 17.8. The molecule has 0 bridgehead atoms. The summed E-state index contributed by atoms with van der Waals surface area (Å²) in [4.78, 5) is 0. The van der Waals surface area contributed by atoms with Gasteiger partial charge in [0.15, 0.2) is 0 Å². The molecule has 0 rings (SSSR count). The molecule has 2 atom stereocenters. The van der Waals surface area contributed by atoms with Gasteiger partial charge in [-0.25, -0.2) is 0 Å². The van der Waals surface area contributed by atoms with Gasteiger partial charge >= 0.3 is 0 Å². The van der Waals surface area contributed by atoms with Crippen molar-refractivity contribution in [1.29, 1.82) is 0 Å². The Labute approximate surface area is 75.8 Å². The van der Waals surface area contributed by atoms with Crippen LogP contribution in [0.2, 0.25) is 0 Å². The van der Waals surface area contributed by atoms with E-state index in [2.05, 4.69) is 0 Å². The molecule has 70 valence electrons. The van der Waals surface area contributed by atoms with Crippen LogP contribution in [-0.2, 0) is 0 Å². The van der Waals surface area contributed by atoms with Gasteiger partial charge in [-0.2, -0.15) is 0 Å². The van der Waals surface area contributed by atoms with Gasteiger partial charge in [-0.1, -0.05) is 45.1 Å². The van der Waals surface area contributed by atoms with Gasteiger partial charge in [0.2, 0.25) is 0 Å². The van der Waals surface area contributed by atoms with E-state index < -0.39 is 0 Å². The Morgan fingerprint density at radius 1 is 1.08 bits per heavy atom. The molecule has 0 aromatic heterocycles. The van der Waals surface area contributed by atoms with Gasteiger partial charge in [0.05, 0.1) is 6.10 Å². The van der Waals surface area contributed by atoms with E-state index >= 15 is 0 Å². The van der Waals surface area contributed by atoms with Crippen LogP contribution in [0.3, 0.4) is 0 Å². The fraction of sp³-hybridized carbons (Fsp3) is 0.636. The van der Waals surface area contributed by atoms with Gasteiger partial charge in [-0.15, -0.1) is 0 Å². The van der Waals surface area contributed by atoms with Crippen molar-refractivity contribution in [2.24, 2.45) is 11.8 Å². The molecule has 0 heterocycles. The van der Waals surface area contributed by atoms with Crippen molar-refractivity contribution < 1.29 is 5.11 Å². The Morgan fingerprint density at radius 2 is 1.67 bits per heavy atom. The molecule has 0 aromatic rings. The Morgan fingerprint density at radius 3 is 2.08 bits per heavy atom. The molecule has 12 heavy (non-hydrogen) atoms. The van der Waals surface area contributed by atoms with Gasteiger partial charge < -0.3 is 5.11 Å². The van der Waals surface area contributed by atoms with Gasteiger partial charge in [0.1, 0.15) is 0 Å². The van der Waals surface area contributed by atoms with Crippen molar-refractivity contribution in [3.8, 4) is 0 Å². The number of rotatable bonds is 4. The van der Waals surface area contributed by atoms with Crippen molar-refractivity contribution in [2.75, 3.05) is 0 Å². The third-order valence-electron chi connectivity index (χ3n) is 1.94. The summed E-state index contributed by atoms with van der Waals surface area (Å²) in [6.45, 7) is 8.08. The maximum atomic E-state index is 9.62. The zero-order valence-corrected chi connectivity index (χ0v) is 8.49. The van der Waals surface area contributed by atoms with Crippen LogP contribution in [0.1, 0.15) is 27.7 Å². The lowest BCUT2D eigenvalue weighted by Crippen LogP contribution is -2.21. The summed E-state index contributed by atoms with van der Waals surface area (Å²) in [5, 5.41) is 9.62. The minimum atomic E-state index is -0.230. The van der Waals surface area contributed by atoms with Crippen LogP contribution < -0.4 is 0 Å². The Bertz CT molecular complexity index is 156. The maximum Gasteiger partial charge on any atom is 0.0623 e. The number of aliphatic hydroxyl groups excluding tert-OH is 1. The Balaban J connectivity index is 3.93. The van der Waals surface area contributed by atoms with Crippen molar-refractivity contribution in [3.63, 3.8) is 0 Å². The molecule has 0 aliphatic heterocycles. The van der Waals surface area contributed by atoms with E-state index in [1.165, 1.54) is 0 Å². The lowest BCUT2D eigenvalue weighted by Gasteiger charge is -2.18. The fourth-order valence-electron chi connectivity index (χ4n) is 1.07. The number of hydrogen-bond acceptors (Lipinski definition) is 1. The van der Waals surface area contributed by atoms with Gasteiger partial charge in [-0.05, 0) is 12.8 Å². The summed E-state index contributed by atoms with van der Waals surface area (Å²) in [5.41, 5.74) is 0. The largest absolute Gasteiger partial charge is 0.392 e. The maximum absolute atomic E-state index is 9.62. The van der Waals surface area contributed by atoms with E-state index in [0.717, 1.165) is 0 Å². The van der Waals surface area contributed by atoms with Gasteiger partial charge in [-0.3, -0.25) is 0 Å². The molecular weight excluding hydrogens is 148 g/mol. The van der Waals surface area contributed by atoms with Crippen molar-refractivity contribution in [2.45, 2.75) is 33.8 Å². The first-order valence-electron chi connectivity index (χ1n) is 4.57. The first-order chi connectivity index (χ1) is 5.59. The summed E-state index contributed by atoms with van der Waals surface area (Å²) in [6.07, 6.45) is 7.74. The average molecular weight is 168 g/mol. The van der Waals surface area contributed by atoms with Crippen LogP contribution in [-0.4, -0.2) is 11.2 Å². The second-order valence-corrected chi connectivity index (χ2v) is 3.50. The molecule has 0 aromatic carbocycles. The molecule has 0 unspecified atom stereocenters. The summed E-state index contributed by atoms with van der Waals surface area (Å²) in [7, 11) is 0. The van der Waals surface area contributed by atoms with Crippen LogP contribution in [0.5, 0.6) is 0 Å². The minimum absolute atomic E-state index is 0.230. The van der Waals surface area contributed by atoms with Crippen LogP contribution in [0, 0.1) is 11.8 Å². The predicted molar refractivity (Wildman–Crippen MR) is 54.0 cm³/mol. The average Bonchev–Trinajstić information content (AvgIpc) is 2.03. The zero-order chi connectivity index (χ0) is 9.56. The van der Waals surface area contributed by atoms with E-state index in [4.69, 9.17) is 0 Å². The standard InChI is InChI=1S/C11H20O/c1-5-6-7-8-10(4)11(12)9(2)3/h5-12H,1-4H3/b6-5+,8-7+/t10-,11-/m0/s1. The summed E-state index contributed by atoms with van der Waals surface area (Å²) in [6, 6.07) is 0. The number of hydrogen-bond donors (Lipinski definition) is 1. The van der Waals surface area contributed by atoms with Crippen molar-refractivity contribution >= 4 is 0 Å². The summed E-state index contributed by atoms with van der Waals surface area (Å²) >= 11 is 0. The molecule has 0 saturated carbocycles. The molecule has 0 amide bonds. The first kappa shape index (κ1) is 11.4. The molecule has 0 saturated heterocycles. The minimum Gasteiger partial charge on any atom is -0.392 e. The molecular formula is C11H20O. The number of aliphatic hydroxyl groups is 1. The molecule has 0 aliphatic carbocycles. The van der Waals surface area contributed by atoms with Crippen LogP contribution in [0.15, 0.2) is 24.3 Å². The molecule has 0 aliphatic rings. The molecule has 0 radical (unpaired) electrons. The van der Waals surface area contributed by atoms with E-state index in [-0.39, 0.29) is 12.0 Å². The third kappa shape index (κ3) is 4.35. The highest BCUT2D eigenvalue weighted by molar-refractivity contribution is 5.03. The molecule has 1 heteroatoms. The van der Waals surface area contributed by atoms with Gasteiger partial charge in [0.25, 0.3) is 0 Å². The SMILES string of the molecule is C/C=C/C=C/[C@H](C)[C@@H](O)C(C)C. The molecule has 1 nitrogen and oxygen atoms in total. The van der Waals surface area contributed by atoms with Crippen LogP contribution >= 0.6 is 0 Å². The monoisotopic (exact) mass is 168 g/mol. The Kier molecular flexibility index (Phi) is 5.73. The highest BCUT2D eigenvalue weighted by Crippen LogP contribution is 2.13. The van der Waals surface area contributed by atoms with E-state index in [1.807, 2.05) is 52.0 Å². The fourth-order valence-corrected chi connectivity index (χ4v) is 1.07. The summed E-state index contributed by atoms with van der Waals surface area (Å²) in [5.74, 6) is 0.566. The number of allylic oxidation sites excluding steroid dienone is 3. The molecule has 0 spiro atoms. The molecule has 1 N–H and O–H groups in total. The lowest BCUT2D eigenvalue weighted by molar-refractivity contribution is 0.0911. The van der Waals surface area contributed by atoms with Crippen molar-refractivity contribution in [3.05, 3.63) is 24.3 Å². The smallest absolute Gasteiger partial charge is 0.0623 e. The summed E-state index contributed by atoms with van der Waals surface area (Å²) < 4.78 is 0. The lowest BCUT2D eigenvalue weighted by atomic mass is 9.94. The third-order valence-corrected chi connectivity index (χ3v) is 1.94. The van der Waals surface area contributed by atoms with Crippen molar-refractivity contribution in [1.82, 2.24) is 0 Å². The highest BCUT2D eigenvalue weighted by Gasteiger charge is 2.14. The van der Waals surface area contributed by atoms with E-state index in [0.29, 0.717) is 5.92 Å². The van der Waals surface area contributed by atoms with Crippen LogP contribution in [0.25, 0.3) is 0 Å². The van der Waals surface area contributed by atoms with Crippen LogP contribution in [0.4, 0.5) is 0 Å².